The number of nitrogens with one attached hydrogen (secondary N) is 2. The molecule has 1 aromatic heterocycles. The molecule has 0 atom stereocenters. The number of aryl methyl sites for hydroxylation is 2. The van der Waals surface area contributed by atoms with E-state index in [2.05, 4.69) is 15.6 Å². The van der Waals surface area contributed by atoms with E-state index in [4.69, 9.17) is 4.74 Å². The number of hydrogen-bond acceptors (Lipinski definition) is 5. The van der Waals surface area contributed by atoms with Crippen LogP contribution in [0.1, 0.15) is 28.4 Å². The molecule has 0 spiro atoms. The molecule has 0 saturated heterocycles. The van der Waals surface area contributed by atoms with Gasteiger partial charge in [-0.2, -0.15) is 0 Å². The molecule has 0 aliphatic rings. The summed E-state index contributed by atoms with van der Waals surface area (Å²) < 4.78 is 5.80. The number of carbonyl (C=O) groups excluding carboxylic acids is 2. The van der Waals surface area contributed by atoms with E-state index < -0.39 is 0 Å². The van der Waals surface area contributed by atoms with E-state index in [1.807, 2.05) is 32.0 Å². The quantitative estimate of drug-likeness (QED) is 0.651. The first-order chi connectivity index (χ1) is 12.4. The summed E-state index contributed by atoms with van der Waals surface area (Å²) in [5.74, 6) is -0.370. The van der Waals surface area contributed by atoms with Crippen molar-refractivity contribution in [1.29, 1.82) is 0 Å². The number of anilines is 2. The van der Waals surface area contributed by atoms with Gasteiger partial charge in [0.25, 0.3) is 0 Å². The summed E-state index contributed by atoms with van der Waals surface area (Å²) >= 11 is 1.30. The largest absolute Gasteiger partial charge is 0.462 e. The number of rotatable bonds is 4. The van der Waals surface area contributed by atoms with E-state index in [-0.39, 0.29) is 12.0 Å². The van der Waals surface area contributed by atoms with E-state index in [0.29, 0.717) is 22.8 Å². The summed E-state index contributed by atoms with van der Waals surface area (Å²) in [6.07, 6.45) is 0. The van der Waals surface area contributed by atoms with Crippen LogP contribution >= 0.6 is 11.3 Å². The summed E-state index contributed by atoms with van der Waals surface area (Å²) in [5.41, 5.74) is 4.06. The van der Waals surface area contributed by atoms with Crippen LogP contribution < -0.4 is 10.6 Å². The molecular weight excluding hydrogens is 350 g/mol. The minimum Gasteiger partial charge on any atom is -0.462 e. The van der Waals surface area contributed by atoms with Crippen molar-refractivity contribution in [3.8, 4) is 0 Å². The highest BCUT2D eigenvalue weighted by atomic mass is 32.1. The van der Waals surface area contributed by atoms with Gasteiger partial charge in [0.2, 0.25) is 0 Å². The molecule has 2 amide bonds. The van der Waals surface area contributed by atoms with Crippen LogP contribution in [0.3, 0.4) is 0 Å². The normalized spacial score (nSPS) is 10.6. The number of nitrogens with zero attached hydrogens (tertiary/aromatic N) is 1. The van der Waals surface area contributed by atoms with Gasteiger partial charge in [-0.05, 0) is 62.2 Å². The van der Waals surface area contributed by atoms with Crippen LogP contribution in [0.25, 0.3) is 10.2 Å². The average Bonchev–Trinajstić information content (AvgIpc) is 2.94. The van der Waals surface area contributed by atoms with Crippen molar-refractivity contribution in [3.63, 3.8) is 0 Å². The van der Waals surface area contributed by atoms with Gasteiger partial charge in [0.1, 0.15) is 0 Å². The molecule has 0 fully saturated rings. The zero-order chi connectivity index (χ0) is 18.7. The van der Waals surface area contributed by atoms with E-state index >= 15 is 0 Å². The minimum absolute atomic E-state index is 0.324. The molecule has 0 bridgehead atoms. The van der Waals surface area contributed by atoms with Crippen LogP contribution in [0, 0.1) is 13.8 Å². The Kier molecular flexibility index (Phi) is 5.18. The number of urea groups is 1. The molecular formula is C19H19N3O3S. The van der Waals surface area contributed by atoms with Gasteiger partial charge in [0, 0.05) is 5.69 Å². The summed E-state index contributed by atoms with van der Waals surface area (Å²) in [6, 6.07) is 10.6. The first-order valence-electron chi connectivity index (χ1n) is 8.18. The minimum atomic E-state index is -0.370. The molecule has 1 heterocycles. The van der Waals surface area contributed by atoms with Crippen molar-refractivity contribution in [1.82, 2.24) is 4.98 Å². The first kappa shape index (κ1) is 17.9. The van der Waals surface area contributed by atoms with E-state index in [1.165, 1.54) is 11.3 Å². The summed E-state index contributed by atoms with van der Waals surface area (Å²) in [7, 11) is 0. The Morgan fingerprint density at radius 2 is 1.81 bits per heavy atom. The average molecular weight is 369 g/mol. The van der Waals surface area contributed by atoms with Crippen molar-refractivity contribution >= 4 is 44.4 Å². The molecule has 0 unspecified atom stereocenters. The number of hydrogen-bond donors (Lipinski definition) is 2. The van der Waals surface area contributed by atoms with Crippen LogP contribution in [-0.4, -0.2) is 23.6 Å². The van der Waals surface area contributed by atoms with Crippen LogP contribution in [0.15, 0.2) is 36.4 Å². The predicted molar refractivity (Wildman–Crippen MR) is 104 cm³/mol. The van der Waals surface area contributed by atoms with Crippen LogP contribution in [0.5, 0.6) is 0 Å². The van der Waals surface area contributed by atoms with Crippen molar-refractivity contribution in [3.05, 3.63) is 53.1 Å². The first-order valence-corrected chi connectivity index (χ1v) is 9.00. The highest BCUT2D eigenvalue weighted by molar-refractivity contribution is 7.22. The Balaban J connectivity index is 1.73. The van der Waals surface area contributed by atoms with Gasteiger partial charge in [-0.25, -0.2) is 14.6 Å². The van der Waals surface area contributed by atoms with E-state index in [0.717, 1.165) is 21.5 Å². The lowest BCUT2D eigenvalue weighted by Gasteiger charge is -2.07. The number of fused-ring (bicyclic) bond motifs is 1. The smallest absolute Gasteiger partial charge is 0.338 e. The van der Waals surface area contributed by atoms with E-state index in [1.54, 1.807) is 25.1 Å². The lowest BCUT2D eigenvalue weighted by atomic mass is 10.1. The molecule has 0 aliphatic carbocycles. The Bertz CT molecular complexity index is 961. The number of ether oxygens (including phenoxy) is 1. The molecule has 3 rings (SSSR count). The monoisotopic (exact) mass is 369 g/mol. The number of esters is 1. The second kappa shape index (κ2) is 7.53. The predicted octanol–water partition coefficient (Wildman–Crippen LogP) is 4.73. The fourth-order valence-electron chi connectivity index (χ4n) is 2.63. The molecule has 134 valence electrons. The second-order valence-corrected chi connectivity index (χ2v) is 6.91. The van der Waals surface area contributed by atoms with E-state index in [9.17, 15) is 9.59 Å². The number of thiazole rings is 1. The molecule has 7 heteroatoms. The number of amides is 2. The van der Waals surface area contributed by atoms with Gasteiger partial charge in [0.05, 0.1) is 22.4 Å². The molecule has 3 aromatic rings. The summed E-state index contributed by atoms with van der Waals surface area (Å²) in [4.78, 5) is 28.4. The Morgan fingerprint density at radius 1 is 1.08 bits per heavy atom. The Hall–Kier alpha value is -2.93. The molecule has 0 aliphatic heterocycles. The maximum Gasteiger partial charge on any atom is 0.338 e. The van der Waals surface area contributed by atoms with Crippen LogP contribution in [-0.2, 0) is 4.74 Å². The molecule has 0 radical (unpaired) electrons. The van der Waals surface area contributed by atoms with Crippen LogP contribution in [0.2, 0.25) is 0 Å². The standard InChI is InChI=1S/C19H19N3O3S/c1-4-25-17(23)13-5-6-15-16(10-13)26-19(21-15)22-18(24)20-14-8-11(2)7-12(3)9-14/h5-10H,4H2,1-3H3,(H2,20,21,22,24). The SMILES string of the molecule is CCOC(=O)c1ccc2nc(NC(=O)Nc3cc(C)cc(C)c3)sc2c1. The Morgan fingerprint density at radius 3 is 2.50 bits per heavy atom. The van der Waals surface area contributed by atoms with Crippen molar-refractivity contribution < 1.29 is 14.3 Å². The maximum atomic E-state index is 12.2. The summed E-state index contributed by atoms with van der Waals surface area (Å²) in [5, 5.41) is 6.00. The topological polar surface area (TPSA) is 80.3 Å². The molecule has 0 saturated carbocycles. The third kappa shape index (κ3) is 4.18. The van der Waals surface area contributed by atoms with Gasteiger partial charge < -0.3 is 10.1 Å². The number of aromatic nitrogens is 1. The number of benzene rings is 2. The second-order valence-electron chi connectivity index (χ2n) is 5.88. The Labute approximate surface area is 155 Å². The zero-order valence-corrected chi connectivity index (χ0v) is 15.6. The molecule has 2 aromatic carbocycles. The van der Waals surface area contributed by atoms with Crippen molar-refractivity contribution in [2.75, 3.05) is 17.2 Å². The molecule has 26 heavy (non-hydrogen) atoms. The highest BCUT2D eigenvalue weighted by Crippen LogP contribution is 2.27. The molecule has 2 N–H and O–H groups in total. The van der Waals surface area contributed by atoms with Crippen molar-refractivity contribution in [2.24, 2.45) is 0 Å². The molecule has 6 nitrogen and oxygen atoms in total. The maximum absolute atomic E-state index is 12.2. The van der Waals surface area contributed by atoms with Crippen LogP contribution in [0.4, 0.5) is 15.6 Å². The van der Waals surface area contributed by atoms with Gasteiger partial charge in [-0.1, -0.05) is 17.4 Å². The van der Waals surface area contributed by atoms with Gasteiger partial charge in [-0.15, -0.1) is 0 Å². The van der Waals surface area contributed by atoms with Gasteiger partial charge in [-0.3, -0.25) is 5.32 Å². The summed E-state index contributed by atoms with van der Waals surface area (Å²) in [6.45, 7) is 6.04. The van der Waals surface area contributed by atoms with Gasteiger partial charge in [0.15, 0.2) is 5.13 Å². The fraction of sp³-hybridized carbons (Fsp3) is 0.211. The highest BCUT2D eigenvalue weighted by Gasteiger charge is 2.12. The zero-order valence-electron chi connectivity index (χ0n) is 14.8. The third-order valence-electron chi connectivity index (χ3n) is 3.60. The third-order valence-corrected chi connectivity index (χ3v) is 4.53. The van der Waals surface area contributed by atoms with Gasteiger partial charge >= 0.3 is 12.0 Å². The lowest BCUT2D eigenvalue weighted by molar-refractivity contribution is 0.0526. The van der Waals surface area contributed by atoms with Crippen molar-refractivity contribution in [2.45, 2.75) is 20.8 Å². The number of carbonyl (C=O) groups is 2. The lowest BCUT2D eigenvalue weighted by Crippen LogP contribution is -2.19. The fourth-order valence-corrected chi connectivity index (χ4v) is 3.53.